The van der Waals surface area contributed by atoms with Crippen molar-refractivity contribution in [3.63, 3.8) is 0 Å². The number of hydrogen-bond donors (Lipinski definition) is 2. The second-order valence-corrected chi connectivity index (χ2v) is 9.39. The highest BCUT2D eigenvalue weighted by molar-refractivity contribution is 7.34. The van der Waals surface area contributed by atoms with E-state index < -0.39 is 55.5 Å². The van der Waals surface area contributed by atoms with E-state index in [1.807, 2.05) is 4.98 Å². The molecule has 0 amide bonds. The lowest BCUT2D eigenvalue weighted by Crippen LogP contribution is -2.43. The van der Waals surface area contributed by atoms with Crippen molar-refractivity contribution in [1.29, 1.82) is 0 Å². The Labute approximate surface area is 206 Å². The van der Waals surface area contributed by atoms with E-state index in [0.29, 0.717) is 0 Å². The Hall–Kier alpha value is -3.12. The summed E-state index contributed by atoms with van der Waals surface area (Å²) in [5.74, 6) is -0.538. The first-order chi connectivity index (χ1) is 16.9. The quantitative estimate of drug-likeness (QED) is 0.360. The first kappa shape index (κ1) is 27.5. The summed E-state index contributed by atoms with van der Waals surface area (Å²) in [6.07, 6.45) is -3.71. The molecule has 2 aromatic rings. The Morgan fingerprint density at radius 3 is 2.61 bits per heavy atom. The number of H-pyrrole nitrogens is 1. The summed E-state index contributed by atoms with van der Waals surface area (Å²) >= 11 is 0. The second kappa shape index (κ2) is 11.3. The molecule has 196 valence electrons. The number of ether oxygens (including phenoxy) is 3. The van der Waals surface area contributed by atoms with Gasteiger partial charge >= 0.3 is 19.8 Å². The minimum Gasteiger partial charge on any atom is -0.575 e. The fourth-order valence-corrected chi connectivity index (χ4v) is 4.15. The normalized spacial score (nSPS) is 25.0. The summed E-state index contributed by atoms with van der Waals surface area (Å²) in [6.45, 7) is 5.47. The SMILES string of the molecule is CC(C)OC(=O)[C@H](C)N=[P+]([O-])Oc1ccccc1OCC1O[C@@H](n2ccc(=O)[nH]c2=O)[C@](C)(F)C1O. The van der Waals surface area contributed by atoms with Crippen molar-refractivity contribution in [2.75, 3.05) is 6.61 Å². The first-order valence-electron chi connectivity index (χ1n) is 11.0. The molecule has 0 saturated carbocycles. The number of esters is 1. The van der Waals surface area contributed by atoms with Gasteiger partial charge in [-0.15, -0.1) is 0 Å². The molecule has 12 nitrogen and oxygen atoms in total. The topological polar surface area (TPSA) is 164 Å². The highest BCUT2D eigenvalue weighted by Crippen LogP contribution is 2.41. The molecule has 1 aromatic carbocycles. The molecule has 1 saturated heterocycles. The van der Waals surface area contributed by atoms with E-state index >= 15 is 4.39 Å². The number of nitrogens with one attached hydrogen (secondary N) is 1. The fraction of sp³-hybridized carbons (Fsp3) is 0.500. The number of alkyl halides is 1. The molecule has 0 radical (unpaired) electrons. The van der Waals surface area contributed by atoms with Gasteiger partial charge < -0.3 is 24.2 Å². The zero-order valence-corrected chi connectivity index (χ0v) is 20.9. The van der Waals surface area contributed by atoms with Crippen LogP contribution in [0.2, 0.25) is 0 Å². The molecule has 1 fully saturated rings. The zero-order chi connectivity index (χ0) is 26.6. The molecule has 14 heteroatoms. The summed E-state index contributed by atoms with van der Waals surface area (Å²) in [5, 5.41) is 10.5. The Balaban J connectivity index is 1.71. The summed E-state index contributed by atoms with van der Waals surface area (Å²) in [6, 6.07) is 6.11. The summed E-state index contributed by atoms with van der Waals surface area (Å²) in [4.78, 5) is 49.6. The fourth-order valence-electron chi connectivity index (χ4n) is 3.41. The van der Waals surface area contributed by atoms with Crippen molar-refractivity contribution < 1.29 is 37.9 Å². The number of para-hydroxylation sites is 2. The number of carbonyl (C=O) groups is 1. The van der Waals surface area contributed by atoms with Crippen molar-refractivity contribution in [1.82, 2.24) is 9.55 Å². The number of aromatic nitrogens is 2. The maximum atomic E-state index is 15.3. The first-order valence-corrected chi connectivity index (χ1v) is 12.2. The van der Waals surface area contributed by atoms with Crippen molar-refractivity contribution >= 4 is 14.1 Å². The minimum atomic E-state index is -2.67. The van der Waals surface area contributed by atoms with Crippen molar-refractivity contribution in [2.45, 2.75) is 63.9 Å². The van der Waals surface area contributed by atoms with Gasteiger partial charge in [0, 0.05) is 12.3 Å². The monoisotopic (exact) mass is 527 g/mol. The van der Waals surface area contributed by atoms with Crippen LogP contribution in [0.25, 0.3) is 0 Å². The zero-order valence-electron chi connectivity index (χ0n) is 20.0. The molecule has 0 aliphatic carbocycles. The van der Waals surface area contributed by atoms with Crippen molar-refractivity contribution in [3.05, 3.63) is 57.4 Å². The van der Waals surface area contributed by atoms with Gasteiger partial charge in [0.05, 0.1) is 6.10 Å². The Morgan fingerprint density at radius 2 is 1.97 bits per heavy atom. The number of aliphatic hydroxyl groups excluding tert-OH is 1. The van der Waals surface area contributed by atoms with Crippen LogP contribution in [-0.4, -0.2) is 57.3 Å². The molecule has 1 aliphatic rings. The maximum Gasteiger partial charge on any atom is 0.395 e. The molecule has 3 rings (SSSR count). The third-order valence-electron chi connectivity index (χ3n) is 5.21. The van der Waals surface area contributed by atoms with Crippen molar-refractivity contribution in [2.24, 2.45) is 4.74 Å². The number of rotatable bonds is 9. The van der Waals surface area contributed by atoms with Crippen LogP contribution < -0.4 is 25.4 Å². The van der Waals surface area contributed by atoms with Crippen LogP contribution in [0.15, 0.2) is 50.9 Å². The van der Waals surface area contributed by atoms with Crippen LogP contribution in [0, 0.1) is 0 Å². The Bertz CT molecular complexity index is 1230. The molecule has 0 spiro atoms. The van der Waals surface area contributed by atoms with E-state index in [0.717, 1.165) is 23.8 Å². The molecular formula is C22H27FN3O9P. The third kappa shape index (κ3) is 6.35. The van der Waals surface area contributed by atoms with Crippen LogP contribution in [-0.2, 0) is 14.3 Å². The van der Waals surface area contributed by atoms with E-state index in [1.54, 1.807) is 26.0 Å². The van der Waals surface area contributed by atoms with E-state index in [-0.39, 0.29) is 24.2 Å². The number of carbonyl (C=O) groups excluding carboxylic acids is 1. The van der Waals surface area contributed by atoms with Crippen molar-refractivity contribution in [3.8, 4) is 11.5 Å². The average molecular weight is 527 g/mol. The highest BCUT2D eigenvalue weighted by atomic mass is 31.1. The predicted octanol–water partition coefficient (Wildman–Crippen LogP) is 1.18. The number of aromatic amines is 1. The number of halogens is 1. The van der Waals surface area contributed by atoms with Gasteiger partial charge in [-0.25, -0.2) is 14.0 Å². The largest absolute Gasteiger partial charge is 0.575 e. The lowest BCUT2D eigenvalue weighted by Gasteiger charge is -2.24. The van der Waals surface area contributed by atoms with Crippen LogP contribution in [0.4, 0.5) is 4.39 Å². The van der Waals surface area contributed by atoms with Gasteiger partial charge in [-0.1, -0.05) is 16.9 Å². The van der Waals surface area contributed by atoms with Gasteiger partial charge in [0.2, 0.25) is 5.75 Å². The molecule has 36 heavy (non-hydrogen) atoms. The second-order valence-electron chi connectivity index (χ2n) is 8.50. The molecule has 6 atom stereocenters. The molecule has 0 bridgehead atoms. The van der Waals surface area contributed by atoms with Crippen LogP contribution in [0.5, 0.6) is 11.5 Å². The van der Waals surface area contributed by atoms with E-state index in [1.165, 1.54) is 19.1 Å². The summed E-state index contributed by atoms with van der Waals surface area (Å²) in [5.41, 5.74) is -3.96. The van der Waals surface area contributed by atoms with Crippen LogP contribution in [0.3, 0.4) is 0 Å². The van der Waals surface area contributed by atoms with Crippen LogP contribution >= 0.6 is 8.17 Å². The number of benzene rings is 1. The van der Waals surface area contributed by atoms with Gasteiger partial charge in [0.15, 0.2) is 23.7 Å². The number of nitrogens with zero attached hydrogens (tertiary/aromatic N) is 2. The summed E-state index contributed by atoms with van der Waals surface area (Å²) in [7, 11) is -2.67. The number of hydrogen-bond acceptors (Lipinski definition) is 10. The van der Waals surface area contributed by atoms with E-state index in [9.17, 15) is 24.4 Å². The van der Waals surface area contributed by atoms with Gasteiger partial charge in [-0.3, -0.25) is 18.9 Å². The highest BCUT2D eigenvalue weighted by Gasteiger charge is 2.55. The van der Waals surface area contributed by atoms with Gasteiger partial charge in [-0.2, -0.15) is 0 Å². The summed E-state index contributed by atoms with van der Waals surface area (Å²) < 4.78 is 41.5. The predicted molar refractivity (Wildman–Crippen MR) is 123 cm³/mol. The van der Waals surface area contributed by atoms with E-state index in [4.69, 9.17) is 18.7 Å². The minimum absolute atomic E-state index is 0.0238. The van der Waals surface area contributed by atoms with Gasteiger partial charge in [0.25, 0.3) is 5.56 Å². The molecule has 1 aliphatic heterocycles. The molecular weight excluding hydrogens is 500 g/mol. The maximum absolute atomic E-state index is 15.3. The van der Waals surface area contributed by atoms with Crippen LogP contribution in [0.1, 0.15) is 33.9 Å². The smallest absolute Gasteiger partial charge is 0.395 e. The Morgan fingerprint density at radius 1 is 1.31 bits per heavy atom. The van der Waals surface area contributed by atoms with Gasteiger partial charge in [0.1, 0.15) is 18.8 Å². The lowest BCUT2D eigenvalue weighted by molar-refractivity contribution is -0.170. The molecule has 2 heterocycles. The average Bonchev–Trinajstić information content (AvgIpc) is 3.01. The molecule has 3 unspecified atom stereocenters. The van der Waals surface area contributed by atoms with E-state index in [2.05, 4.69) is 4.74 Å². The standard InChI is InChI=1S/C22H27FN3O9P/c1-12(2)33-19(29)13(3)25-36(31)35-15-8-6-5-7-14(15)32-11-16-18(28)22(4,23)20(34-16)26-10-9-17(27)24-21(26)30/h5-10,12-13,16,18,20,28H,11H2,1-4H3,(H,24,27,30)/t13-,16?,18?,20+,22+/m0/s1. The molecule has 1 aromatic heterocycles. The lowest BCUT2D eigenvalue weighted by atomic mass is 9.98. The Kier molecular flexibility index (Phi) is 8.62. The van der Waals surface area contributed by atoms with Gasteiger partial charge in [-0.05, 0) is 39.8 Å². The third-order valence-corrected chi connectivity index (χ3v) is 6.10. The molecule has 2 N–H and O–H groups in total. The number of aliphatic hydroxyl groups is 1.